The van der Waals surface area contributed by atoms with Gasteiger partial charge in [-0.15, -0.1) is 0 Å². The molecule has 0 unspecified atom stereocenters. The monoisotopic (exact) mass is 257 g/mol. The van der Waals surface area contributed by atoms with Gasteiger partial charge in [0.1, 0.15) is 0 Å². The van der Waals surface area contributed by atoms with Crippen LogP contribution in [-0.2, 0) is 4.74 Å². The second-order valence-corrected chi connectivity index (χ2v) is 3.99. The maximum Gasteiger partial charge on any atom is 0.411 e. The highest BCUT2D eigenvalue weighted by molar-refractivity contribution is 6.34. The Bertz CT molecular complexity index is 445. The van der Waals surface area contributed by atoms with E-state index in [-0.39, 0.29) is 16.7 Å². The third-order valence-corrected chi connectivity index (χ3v) is 2.11. The van der Waals surface area contributed by atoms with Crippen LogP contribution in [0, 0.1) is 0 Å². The van der Waals surface area contributed by atoms with Crippen molar-refractivity contribution >= 4 is 29.4 Å². The smallest absolute Gasteiger partial charge is 0.411 e. The quantitative estimate of drug-likeness (QED) is 0.873. The third-order valence-electron chi connectivity index (χ3n) is 1.80. The highest BCUT2D eigenvalue weighted by Gasteiger charge is 2.10. The molecule has 2 N–H and O–H groups in total. The average molecular weight is 258 g/mol. The fourth-order valence-corrected chi connectivity index (χ4v) is 1.33. The number of rotatable bonds is 3. The molecule has 0 aromatic heterocycles. The maximum atomic E-state index is 11.3. The van der Waals surface area contributed by atoms with Gasteiger partial charge in [-0.1, -0.05) is 11.6 Å². The van der Waals surface area contributed by atoms with Crippen LogP contribution in [-0.4, -0.2) is 23.3 Å². The van der Waals surface area contributed by atoms with Crippen molar-refractivity contribution in [3.63, 3.8) is 0 Å². The normalized spacial score (nSPS) is 10.1. The van der Waals surface area contributed by atoms with E-state index in [1.807, 2.05) is 0 Å². The van der Waals surface area contributed by atoms with Crippen LogP contribution in [0.15, 0.2) is 18.2 Å². The first-order valence-electron chi connectivity index (χ1n) is 4.90. The molecule has 0 radical (unpaired) electrons. The van der Waals surface area contributed by atoms with E-state index in [1.165, 1.54) is 18.2 Å². The first-order valence-corrected chi connectivity index (χ1v) is 5.28. The van der Waals surface area contributed by atoms with Crippen molar-refractivity contribution in [2.24, 2.45) is 0 Å². The number of carboxylic acids is 1. The molecule has 1 aromatic rings. The molecule has 0 fully saturated rings. The molecule has 0 bridgehead atoms. The summed E-state index contributed by atoms with van der Waals surface area (Å²) in [6.45, 7) is 3.43. The van der Waals surface area contributed by atoms with Gasteiger partial charge in [0.2, 0.25) is 0 Å². The molecule has 0 spiro atoms. The van der Waals surface area contributed by atoms with Gasteiger partial charge in [-0.2, -0.15) is 0 Å². The van der Waals surface area contributed by atoms with Crippen LogP contribution in [0.2, 0.25) is 5.02 Å². The molecule has 0 aliphatic heterocycles. The molecule has 0 saturated heterocycles. The van der Waals surface area contributed by atoms with Gasteiger partial charge in [-0.05, 0) is 32.0 Å². The number of amides is 1. The number of ether oxygens (including phenoxy) is 1. The van der Waals surface area contributed by atoms with Gasteiger partial charge in [0.05, 0.1) is 22.4 Å². The highest BCUT2D eigenvalue weighted by atomic mass is 35.5. The van der Waals surface area contributed by atoms with E-state index in [2.05, 4.69) is 5.32 Å². The summed E-state index contributed by atoms with van der Waals surface area (Å²) in [6.07, 6.45) is -0.878. The molecule has 1 amide bonds. The zero-order valence-electron chi connectivity index (χ0n) is 9.36. The number of halogens is 1. The summed E-state index contributed by atoms with van der Waals surface area (Å²) in [5, 5.41) is 11.3. The summed E-state index contributed by atoms with van der Waals surface area (Å²) < 4.78 is 4.86. The second kappa shape index (κ2) is 5.54. The fraction of sp³-hybridized carbons (Fsp3) is 0.273. The van der Waals surface area contributed by atoms with Gasteiger partial charge in [0, 0.05) is 0 Å². The molecular formula is C11H12ClNO4. The largest absolute Gasteiger partial charge is 0.478 e. The molecular weight excluding hydrogens is 246 g/mol. The molecule has 0 aliphatic carbocycles. The Morgan fingerprint density at radius 1 is 1.41 bits per heavy atom. The summed E-state index contributed by atoms with van der Waals surface area (Å²) in [7, 11) is 0. The SMILES string of the molecule is CC(C)OC(=O)Nc1ccc(C(=O)O)cc1Cl. The third kappa shape index (κ3) is 3.96. The number of carboxylic acid groups (broad SMARTS) is 1. The van der Waals surface area contributed by atoms with Crippen molar-refractivity contribution in [2.45, 2.75) is 20.0 Å². The van der Waals surface area contributed by atoms with Gasteiger partial charge < -0.3 is 9.84 Å². The number of carbonyl (C=O) groups excluding carboxylic acids is 1. The standard InChI is InChI=1S/C11H12ClNO4/c1-6(2)17-11(16)13-9-4-3-7(10(14)15)5-8(9)12/h3-6H,1-2H3,(H,13,16)(H,14,15). The lowest BCUT2D eigenvalue weighted by Gasteiger charge is -2.10. The molecule has 0 saturated carbocycles. The number of aromatic carboxylic acids is 1. The van der Waals surface area contributed by atoms with Gasteiger partial charge in [0.15, 0.2) is 0 Å². The van der Waals surface area contributed by atoms with Crippen LogP contribution in [0.4, 0.5) is 10.5 Å². The minimum Gasteiger partial charge on any atom is -0.478 e. The molecule has 6 heteroatoms. The Morgan fingerprint density at radius 3 is 2.53 bits per heavy atom. The van der Waals surface area contributed by atoms with Crippen molar-refractivity contribution in [3.05, 3.63) is 28.8 Å². The fourth-order valence-electron chi connectivity index (χ4n) is 1.10. The molecule has 92 valence electrons. The molecule has 17 heavy (non-hydrogen) atoms. The predicted molar refractivity (Wildman–Crippen MR) is 63.7 cm³/mol. The van der Waals surface area contributed by atoms with Crippen LogP contribution in [0.25, 0.3) is 0 Å². The van der Waals surface area contributed by atoms with Crippen molar-refractivity contribution in [2.75, 3.05) is 5.32 Å². The number of carbonyl (C=O) groups is 2. The minimum absolute atomic E-state index is 0.0535. The Kier molecular flexibility index (Phi) is 4.34. The molecule has 1 aromatic carbocycles. The maximum absolute atomic E-state index is 11.3. The number of nitrogens with one attached hydrogen (secondary N) is 1. The minimum atomic E-state index is -1.08. The topological polar surface area (TPSA) is 75.6 Å². The summed E-state index contributed by atoms with van der Waals surface area (Å²) in [5.41, 5.74) is 0.361. The van der Waals surface area contributed by atoms with Crippen LogP contribution in [0.1, 0.15) is 24.2 Å². The summed E-state index contributed by atoms with van der Waals surface area (Å²) >= 11 is 5.82. The van der Waals surface area contributed by atoms with Gasteiger partial charge in [-0.25, -0.2) is 9.59 Å². The van der Waals surface area contributed by atoms with Crippen molar-refractivity contribution < 1.29 is 19.4 Å². The van der Waals surface area contributed by atoms with Crippen molar-refractivity contribution in [3.8, 4) is 0 Å². The van der Waals surface area contributed by atoms with Crippen LogP contribution >= 0.6 is 11.6 Å². The van der Waals surface area contributed by atoms with E-state index >= 15 is 0 Å². The van der Waals surface area contributed by atoms with Crippen LogP contribution in [0.5, 0.6) is 0 Å². The van der Waals surface area contributed by atoms with Gasteiger partial charge >= 0.3 is 12.1 Å². The lowest BCUT2D eigenvalue weighted by molar-refractivity contribution is 0.0697. The molecule has 0 atom stereocenters. The van der Waals surface area contributed by atoms with Crippen LogP contribution in [0.3, 0.4) is 0 Å². The van der Waals surface area contributed by atoms with Crippen molar-refractivity contribution in [1.82, 2.24) is 0 Å². The zero-order chi connectivity index (χ0) is 13.0. The average Bonchev–Trinajstić information content (AvgIpc) is 2.19. The lowest BCUT2D eigenvalue weighted by atomic mass is 10.2. The Balaban J connectivity index is 2.79. The van der Waals surface area contributed by atoms with Crippen LogP contribution < -0.4 is 5.32 Å². The molecule has 0 aliphatic rings. The number of hydrogen-bond donors (Lipinski definition) is 2. The molecule has 5 nitrogen and oxygen atoms in total. The van der Waals surface area contributed by atoms with E-state index in [4.69, 9.17) is 21.4 Å². The first kappa shape index (κ1) is 13.3. The summed E-state index contributed by atoms with van der Waals surface area (Å²) in [6, 6.07) is 4.02. The van der Waals surface area contributed by atoms with E-state index < -0.39 is 12.1 Å². The van der Waals surface area contributed by atoms with Gasteiger partial charge in [-0.3, -0.25) is 5.32 Å². The number of anilines is 1. The number of benzene rings is 1. The summed E-state index contributed by atoms with van der Waals surface area (Å²) in [4.78, 5) is 21.9. The Morgan fingerprint density at radius 2 is 2.06 bits per heavy atom. The lowest BCUT2D eigenvalue weighted by Crippen LogP contribution is -2.18. The van der Waals surface area contributed by atoms with E-state index in [0.717, 1.165) is 0 Å². The van der Waals surface area contributed by atoms with Gasteiger partial charge in [0.25, 0.3) is 0 Å². The second-order valence-electron chi connectivity index (χ2n) is 3.58. The Hall–Kier alpha value is -1.75. The first-order chi connectivity index (χ1) is 7.90. The molecule has 1 rings (SSSR count). The Labute approximate surface area is 103 Å². The summed E-state index contributed by atoms with van der Waals surface area (Å²) in [5.74, 6) is -1.08. The number of hydrogen-bond acceptors (Lipinski definition) is 3. The molecule has 0 heterocycles. The van der Waals surface area contributed by atoms with E-state index in [1.54, 1.807) is 13.8 Å². The van der Waals surface area contributed by atoms with E-state index in [9.17, 15) is 9.59 Å². The van der Waals surface area contributed by atoms with Crippen molar-refractivity contribution in [1.29, 1.82) is 0 Å². The highest BCUT2D eigenvalue weighted by Crippen LogP contribution is 2.23. The van der Waals surface area contributed by atoms with E-state index in [0.29, 0.717) is 5.69 Å². The predicted octanol–water partition coefficient (Wildman–Crippen LogP) is 3.00. The zero-order valence-corrected chi connectivity index (χ0v) is 10.1.